The van der Waals surface area contributed by atoms with E-state index in [2.05, 4.69) is 10.2 Å². The van der Waals surface area contributed by atoms with Crippen LogP contribution < -0.4 is 10.2 Å². The molecule has 1 N–H and O–H groups in total. The smallest absolute Gasteiger partial charge is 0.412 e. The molecule has 1 aromatic carbocycles. The van der Waals surface area contributed by atoms with Crippen LogP contribution in [0.4, 0.5) is 16.2 Å². The minimum atomic E-state index is -0.522. The number of carbonyl (C=O) groups is 1. The van der Waals surface area contributed by atoms with Crippen molar-refractivity contribution in [2.45, 2.75) is 39.2 Å². The number of amides is 1. The van der Waals surface area contributed by atoms with Crippen molar-refractivity contribution in [2.24, 2.45) is 0 Å². The van der Waals surface area contributed by atoms with Crippen molar-refractivity contribution >= 4 is 29.1 Å². The van der Waals surface area contributed by atoms with E-state index >= 15 is 0 Å². The predicted molar refractivity (Wildman–Crippen MR) is 82.8 cm³/mol. The Labute approximate surface area is 125 Å². The molecule has 0 radical (unpaired) electrons. The van der Waals surface area contributed by atoms with Gasteiger partial charge in [-0.1, -0.05) is 11.6 Å². The first-order valence-electron chi connectivity index (χ1n) is 6.90. The van der Waals surface area contributed by atoms with Crippen LogP contribution >= 0.6 is 11.6 Å². The lowest BCUT2D eigenvalue weighted by molar-refractivity contribution is 0.0636. The van der Waals surface area contributed by atoms with Gasteiger partial charge in [0.2, 0.25) is 0 Å². The van der Waals surface area contributed by atoms with E-state index in [9.17, 15) is 4.79 Å². The van der Waals surface area contributed by atoms with Crippen LogP contribution in [0.1, 0.15) is 33.6 Å². The van der Waals surface area contributed by atoms with Crippen LogP contribution in [0.5, 0.6) is 0 Å². The maximum atomic E-state index is 11.7. The van der Waals surface area contributed by atoms with E-state index in [1.54, 1.807) is 0 Å². The predicted octanol–water partition coefficient (Wildman–Crippen LogP) is 4.29. The van der Waals surface area contributed by atoms with Gasteiger partial charge < -0.3 is 9.64 Å². The molecule has 0 aromatic heterocycles. The molecule has 1 fully saturated rings. The van der Waals surface area contributed by atoms with Gasteiger partial charge in [-0.05, 0) is 51.8 Å². The van der Waals surface area contributed by atoms with E-state index in [-0.39, 0.29) is 0 Å². The summed E-state index contributed by atoms with van der Waals surface area (Å²) in [5, 5.41) is 3.20. The SMILES string of the molecule is CC(C)(C)OC(=O)Nc1ccc(N2CCCC2)cc1Cl. The summed E-state index contributed by atoms with van der Waals surface area (Å²) in [4.78, 5) is 14.0. The summed E-state index contributed by atoms with van der Waals surface area (Å²) >= 11 is 6.23. The summed E-state index contributed by atoms with van der Waals surface area (Å²) in [5.74, 6) is 0. The number of anilines is 2. The quantitative estimate of drug-likeness (QED) is 0.885. The maximum Gasteiger partial charge on any atom is 0.412 e. The van der Waals surface area contributed by atoms with Crippen molar-refractivity contribution < 1.29 is 9.53 Å². The highest BCUT2D eigenvalue weighted by molar-refractivity contribution is 6.34. The van der Waals surface area contributed by atoms with E-state index in [0.717, 1.165) is 18.8 Å². The minimum absolute atomic E-state index is 0.492. The van der Waals surface area contributed by atoms with Gasteiger partial charge in [-0.15, -0.1) is 0 Å². The van der Waals surface area contributed by atoms with Gasteiger partial charge in [0.25, 0.3) is 0 Å². The second kappa shape index (κ2) is 5.92. The summed E-state index contributed by atoms with van der Waals surface area (Å²) in [6.45, 7) is 7.60. The van der Waals surface area contributed by atoms with Gasteiger partial charge in [-0.3, -0.25) is 5.32 Å². The van der Waals surface area contributed by atoms with E-state index in [1.807, 2.05) is 39.0 Å². The summed E-state index contributed by atoms with van der Waals surface area (Å²) < 4.78 is 5.21. The lowest BCUT2D eigenvalue weighted by Gasteiger charge is -2.21. The van der Waals surface area contributed by atoms with E-state index in [4.69, 9.17) is 16.3 Å². The Kier molecular flexibility index (Phi) is 4.43. The zero-order valence-corrected chi connectivity index (χ0v) is 13.0. The Balaban J connectivity index is 2.04. The molecule has 0 bridgehead atoms. The molecule has 1 amide bonds. The monoisotopic (exact) mass is 296 g/mol. The number of benzene rings is 1. The van der Waals surface area contributed by atoms with Crippen LogP contribution in [0, 0.1) is 0 Å². The molecule has 0 atom stereocenters. The van der Waals surface area contributed by atoms with Gasteiger partial charge in [-0.2, -0.15) is 0 Å². The minimum Gasteiger partial charge on any atom is -0.444 e. The molecule has 0 aliphatic carbocycles. The summed E-state index contributed by atoms with van der Waals surface area (Å²) in [6.07, 6.45) is 1.94. The average Bonchev–Trinajstić information content (AvgIpc) is 2.82. The molecule has 1 aliphatic heterocycles. The lowest BCUT2D eigenvalue weighted by atomic mass is 10.2. The number of hydrogen-bond donors (Lipinski definition) is 1. The molecule has 1 saturated heterocycles. The number of ether oxygens (including phenoxy) is 1. The van der Waals surface area contributed by atoms with Crippen LogP contribution in [0.3, 0.4) is 0 Å². The Morgan fingerprint density at radius 1 is 1.30 bits per heavy atom. The first kappa shape index (κ1) is 15.0. The summed E-state index contributed by atoms with van der Waals surface area (Å²) in [5.41, 5.74) is 1.15. The van der Waals surface area contributed by atoms with E-state index in [0.29, 0.717) is 10.7 Å². The van der Waals surface area contributed by atoms with Crippen molar-refractivity contribution in [2.75, 3.05) is 23.3 Å². The molecule has 1 heterocycles. The second-order valence-electron chi connectivity index (χ2n) is 5.99. The first-order chi connectivity index (χ1) is 9.35. The van der Waals surface area contributed by atoms with Gasteiger partial charge in [0.05, 0.1) is 10.7 Å². The fourth-order valence-corrected chi connectivity index (χ4v) is 2.41. The average molecular weight is 297 g/mol. The molecule has 2 rings (SSSR count). The number of hydrogen-bond acceptors (Lipinski definition) is 3. The standard InChI is InChI=1S/C15H21ClN2O2/c1-15(2,3)20-14(19)17-13-7-6-11(10-12(13)16)18-8-4-5-9-18/h6-7,10H,4-5,8-9H2,1-3H3,(H,17,19). The highest BCUT2D eigenvalue weighted by Gasteiger charge is 2.18. The number of carbonyl (C=O) groups excluding carboxylic acids is 1. The van der Waals surface area contributed by atoms with Gasteiger partial charge >= 0.3 is 6.09 Å². The fourth-order valence-electron chi connectivity index (χ4n) is 2.19. The first-order valence-corrected chi connectivity index (χ1v) is 7.27. The zero-order chi connectivity index (χ0) is 14.8. The molecule has 20 heavy (non-hydrogen) atoms. The third kappa shape index (κ3) is 4.04. The zero-order valence-electron chi connectivity index (χ0n) is 12.2. The Morgan fingerprint density at radius 2 is 1.95 bits per heavy atom. The lowest BCUT2D eigenvalue weighted by Crippen LogP contribution is -2.27. The molecule has 0 spiro atoms. The van der Waals surface area contributed by atoms with Gasteiger partial charge in [0.15, 0.2) is 0 Å². The van der Waals surface area contributed by atoms with E-state index < -0.39 is 11.7 Å². The Morgan fingerprint density at radius 3 is 2.50 bits per heavy atom. The molecule has 0 saturated carbocycles. The number of nitrogens with one attached hydrogen (secondary N) is 1. The van der Waals surface area contributed by atoms with Crippen LogP contribution in [0.2, 0.25) is 5.02 Å². The maximum absolute atomic E-state index is 11.7. The van der Waals surface area contributed by atoms with Crippen molar-refractivity contribution in [1.29, 1.82) is 0 Å². The van der Waals surface area contributed by atoms with Crippen LogP contribution in [-0.2, 0) is 4.74 Å². The highest BCUT2D eigenvalue weighted by Crippen LogP contribution is 2.29. The molecular formula is C15H21ClN2O2. The van der Waals surface area contributed by atoms with Gasteiger partial charge in [0.1, 0.15) is 5.60 Å². The second-order valence-corrected chi connectivity index (χ2v) is 6.39. The summed E-state index contributed by atoms with van der Waals surface area (Å²) in [6, 6.07) is 5.68. The largest absolute Gasteiger partial charge is 0.444 e. The number of rotatable bonds is 2. The third-order valence-electron chi connectivity index (χ3n) is 3.06. The van der Waals surface area contributed by atoms with Crippen LogP contribution in [0.15, 0.2) is 18.2 Å². The van der Waals surface area contributed by atoms with Crippen molar-refractivity contribution in [3.05, 3.63) is 23.2 Å². The Hall–Kier alpha value is -1.42. The highest BCUT2D eigenvalue weighted by atomic mass is 35.5. The molecule has 110 valence electrons. The summed E-state index contributed by atoms with van der Waals surface area (Å²) in [7, 11) is 0. The normalized spacial score (nSPS) is 15.3. The molecule has 0 unspecified atom stereocenters. The van der Waals surface area contributed by atoms with Gasteiger partial charge in [-0.25, -0.2) is 4.79 Å². The number of halogens is 1. The molecule has 4 nitrogen and oxygen atoms in total. The molecule has 1 aliphatic rings. The van der Waals surface area contributed by atoms with Crippen LogP contribution in [0.25, 0.3) is 0 Å². The van der Waals surface area contributed by atoms with Crippen molar-refractivity contribution in [1.82, 2.24) is 0 Å². The molecule has 5 heteroatoms. The molecule has 1 aromatic rings. The van der Waals surface area contributed by atoms with Crippen LogP contribution in [-0.4, -0.2) is 24.8 Å². The van der Waals surface area contributed by atoms with Crippen molar-refractivity contribution in [3.63, 3.8) is 0 Å². The van der Waals surface area contributed by atoms with Gasteiger partial charge in [0, 0.05) is 18.8 Å². The van der Waals surface area contributed by atoms with E-state index in [1.165, 1.54) is 12.8 Å². The number of nitrogens with zero attached hydrogens (tertiary/aromatic N) is 1. The topological polar surface area (TPSA) is 41.6 Å². The third-order valence-corrected chi connectivity index (χ3v) is 3.37. The molecular weight excluding hydrogens is 276 g/mol. The Bertz CT molecular complexity index is 491. The van der Waals surface area contributed by atoms with Crippen molar-refractivity contribution in [3.8, 4) is 0 Å². The fraction of sp³-hybridized carbons (Fsp3) is 0.533.